The lowest BCUT2D eigenvalue weighted by Crippen LogP contribution is -2.56. The molecule has 2 aliphatic rings. The number of carbonyl (C=O) groups is 3. The van der Waals surface area contributed by atoms with E-state index in [0.29, 0.717) is 32.6 Å². The lowest BCUT2D eigenvalue weighted by atomic mass is 9.97. The molecule has 0 aromatic carbocycles. The van der Waals surface area contributed by atoms with Crippen LogP contribution in [0.3, 0.4) is 0 Å². The number of amides is 3. The maximum Gasteiger partial charge on any atom is 0.407 e. The second-order valence-electron chi connectivity index (χ2n) is 6.59. The van der Waals surface area contributed by atoms with Crippen LogP contribution in [0.1, 0.15) is 33.1 Å². The molecule has 3 amide bonds. The zero-order chi connectivity index (χ0) is 17.7. The van der Waals surface area contributed by atoms with Crippen molar-refractivity contribution in [1.82, 2.24) is 15.5 Å². The third-order valence-corrected chi connectivity index (χ3v) is 4.43. The molecule has 0 aromatic heterocycles. The van der Waals surface area contributed by atoms with Crippen LogP contribution in [-0.2, 0) is 19.1 Å². The van der Waals surface area contributed by atoms with Gasteiger partial charge in [0, 0.05) is 25.1 Å². The third-order valence-electron chi connectivity index (χ3n) is 4.43. The first-order valence-corrected chi connectivity index (χ1v) is 8.47. The van der Waals surface area contributed by atoms with Crippen LogP contribution in [0.15, 0.2) is 0 Å². The van der Waals surface area contributed by atoms with E-state index in [1.54, 1.807) is 4.90 Å². The molecule has 0 saturated carbocycles. The van der Waals surface area contributed by atoms with Crippen molar-refractivity contribution in [3.8, 4) is 0 Å². The normalized spacial score (nSPS) is 24.8. The molecule has 8 nitrogen and oxygen atoms in total. The van der Waals surface area contributed by atoms with Crippen LogP contribution in [-0.4, -0.2) is 67.8 Å². The molecule has 2 rings (SSSR count). The van der Waals surface area contributed by atoms with Crippen LogP contribution >= 0.6 is 0 Å². The van der Waals surface area contributed by atoms with Crippen LogP contribution in [0.5, 0.6) is 0 Å². The fourth-order valence-corrected chi connectivity index (χ4v) is 3.25. The third kappa shape index (κ3) is 4.37. The minimum absolute atomic E-state index is 0.0160. The van der Waals surface area contributed by atoms with Gasteiger partial charge in [0.1, 0.15) is 12.1 Å². The maximum absolute atomic E-state index is 13.0. The fourth-order valence-electron chi connectivity index (χ4n) is 3.25. The number of nitrogens with one attached hydrogen (secondary N) is 2. The van der Waals surface area contributed by atoms with Crippen molar-refractivity contribution in [3.63, 3.8) is 0 Å². The van der Waals surface area contributed by atoms with Crippen LogP contribution < -0.4 is 10.6 Å². The highest BCUT2D eigenvalue weighted by atomic mass is 16.5. The summed E-state index contributed by atoms with van der Waals surface area (Å²) in [5, 5.41) is 5.48. The molecule has 2 saturated heterocycles. The number of alkyl carbamates (subject to hydrolysis) is 1. The molecule has 0 radical (unpaired) electrons. The summed E-state index contributed by atoms with van der Waals surface area (Å²) in [5.74, 6) is -0.487. The van der Waals surface area contributed by atoms with E-state index in [4.69, 9.17) is 4.74 Å². The average Bonchev–Trinajstić information content (AvgIpc) is 3.21. The van der Waals surface area contributed by atoms with Gasteiger partial charge in [0.05, 0.1) is 13.7 Å². The molecule has 0 spiro atoms. The van der Waals surface area contributed by atoms with Gasteiger partial charge in [-0.2, -0.15) is 0 Å². The highest BCUT2D eigenvalue weighted by Gasteiger charge is 2.41. The van der Waals surface area contributed by atoms with Crippen molar-refractivity contribution in [3.05, 3.63) is 0 Å². The first-order valence-electron chi connectivity index (χ1n) is 8.47. The second-order valence-corrected chi connectivity index (χ2v) is 6.59. The quantitative estimate of drug-likeness (QED) is 0.748. The Kier molecular flexibility index (Phi) is 6.42. The number of likely N-dealkylation sites (tertiary alicyclic amines) is 1. The van der Waals surface area contributed by atoms with Crippen molar-refractivity contribution >= 4 is 17.9 Å². The summed E-state index contributed by atoms with van der Waals surface area (Å²) in [6.45, 7) is 5.26. The highest BCUT2D eigenvalue weighted by molar-refractivity contribution is 5.92. The lowest BCUT2D eigenvalue weighted by molar-refractivity contribution is -0.141. The molecule has 0 aromatic rings. The van der Waals surface area contributed by atoms with Crippen LogP contribution in [0.2, 0.25) is 0 Å². The second kappa shape index (κ2) is 8.32. The summed E-state index contributed by atoms with van der Waals surface area (Å²) in [4.78, 5) is 38.6. The van der Waals surface area contributed by atoms with Crippen molar-refractivity contribution in [2.75, 3.05) is 26.9 Å². The summed E-state index contributed by atoms with van der Waals surface area (Å²) in [5.41, 5.74) is 0. The molecule has 8 heteroatoms. The maximum atomic E-state index is 13.0. The number of hydrogen-bond acceptors (Lipinski definition) is 5. The summed E-state index contributed by atoms with van der Waals surface area (Å²) in [7, 11) is 1.26. The Balaban J connectivity index is 2.11. The molecule has 2 heterocycles. The molecule has 2 fully saturated rings. The monoisotopic (exact) mass is 341 g/mol. The molecule has 24 heavy (non-hydrogen) atoms. The molecular weight excluding hydrogens is 314 g/mol. The van der Waals surface area contributed by atoms with Crippen LogP contribution in [0.25, 0.3) is 0 Å². The standard InChI is InChI=1S/C16H27N3O5/c1-10(2)17-14(20)12-5-4-7-19(12)15(21)13(18-16(22)23-3)11-6-8-24-9-11/h10-13H,4-9H2,1-3H3,(H,17,20)(H,18,22). The van der Waals surface area contributed by atoms with E-state index in [9.17, 15) is 14.4 Å². The van der Waals surface area contributed by atoms with Gasteiger partial charge in [-0.3, -0.25) is 9.59 Å². The minimum Gasteiger partial charge on any atom is -0.453 e. The van der Waals surface area contributed by atoms with Gasteiger partial charge in [-0.05, 0) is 33.1 Å². The van der Waals surface area contributed by atoms with Crippen molar-refractivity contribution in [2.45, 2.75) is 51.2 Å². The van der Waals surface area contributed by atoms with E-state index in [-0.39, 0.29) is 23.8 Å². The van der Waals surface area contributed by atoms with E-state index in [2.05, 4.69) is 15.4 Å². The van der Waals surface area contributed by atoms with E-state index >= 15 is 0 Å². The number of nitrogens with zero attached hydrogens (tertiary/aromatic N) is 1. The molecule has 2 aliphatic heterocycles. The number of carbonyl (C=O) groups excluding carboxylic acids is 3. The van der Waals surface area contributed by atoms with E-state index in [0.717, 1.165) is 6.42 Å². The topological polar surface area (TPSA) is 97.0 Å². The van der Waals surface area contributed by atoms with Gasteiger partial charge in [0.25, 0.3) is 0 Å². The summed E-state index contributed by atoms with van der Waals surface area (Å²) < 4.78 is 9.99. The van der Waals surface area contributed by atoms with Crippen molar-refractivity contribution < 1.29 is 23.9 Å². The van der Waals surface area contributed by atoms with Crippen LogP contribution in [0.4, 0.5) is 4.79 Å². The largest absolute Gasteiger partial charge is 0.453 e. The molecular formula is C16H27N3O5. The smallest absolute Gasteiger partial charge is 0.407 e. The summed E-state index contributed by atoms with van der Waals surface area (Å²) in [6, 6.07) is -1.20. The first-order chi connectivity index (χ1) is 11.4. The Morgan fingerprint density at radius 3 is 2.54 bits per heavy atom. The van der Waals surface area contributed by atoms with Crippen LogP contribution in [0, 0.1) is 5.92 Å². The Hall–Kier alpha value is -1.83. The van der Waals surface area contributed by atoms with E-state index in [1.807, 2.05) is 13.8 Å². The number of ether oxygens (including phenoxy) is 2. The van der Waals surface area contributed by atoms with Gasteiger partial charge < -0.3 is 25.0 Å². The Labute approximate surface area is 142 Å². The average molecular weight is 341 g/mol. The predicted molar refractivity (Wildman–Crippen MR) is 86.3 cm³/mol. The fraction of sp³-hybridized carbons (Fsp3) is 0.812. The first kappa shape index (κ1) is 18.5. The SMILES string of the molecule is COC(=O)NC(C(=O)N1CCCC1C(=O)NC(C)C)C1CCOC1. The zero-order valence-corrected chi connectivity index (χ0v) is 14.5. The van der Waals surface area contributed by atoms with E-state index < -0.39 is 18.2 Å². The van der Waals surface area contributed by atoms with Gasteiger partial charge in [-0.25, -0.2) is 4.79 Å². The lowest BCUT2D eigenvalue weighted by Gasteiger charge is -2.31. The zero-order valence-electron chi connectivity index (χ0n) is 14.5. The molecule has 0 bridgehead atoms. The van der Waals surface area contributed by atoms with Crippen molar-refractivity contribution in [2.24, 2.45) is 5.92 Å². The number of methoxy groups -OCH3 is 1. The summed E-state index contributed by atoms with van der Waals surface area (Å²) in [6.07, 6.45) is 1.45. The number of hydrogen-bond donors (Lipinski definition) is 2. The van der Waals surface area contributed by atoms with Crippen molar-refractivity contribution in [1.29, 1.82) is 0 Å². The molecule has 0 aliphatic carbocycles. The van der Waals surface area contributed by atoms with Gasteiger partial charge in [-0.1, -0.05) is 0 Å². The Morgan fingerprint density at radius 1 is 1.21 bits per heavy atom. The molecule has 136 valence electrons. The highest BCUT2D eigenvalue weighted by Crippen LogP contribution is 2.24. The van der Waals surface area contributed by atoms with Gasteiger partial charge >= 0.3 is 6.09 Å². The van der Waals surface area contributed by atoms with Gasteiger partial charge in [0.15, 0.2) is 0 Å². The number of rotatable bonds is 5. The molecule has 3 unspecified atom stereocenters. The van der Waals surface area contributed by atoms with Gasteiger partial charge in [-0.15, -0.1) is 0 Å². The Morgan fingerprint density at radius 2 is 1.96 bits per heavy atom. The summed E-state index contributed by atoms with van der Waals surface area (Å²) >= 11 is 0. The predicted octanol–water partition coefficient (Wildman–Crippen LogP) is 0.263. The molecule has 2 N–H and O–H groups in total. The Bertz CT molecular complexity index is 476. The van der Waals surface area contributed by atoms with Gasteiger partial charge in [0.2, 0.25) is 11.8 Å². The minimum atomic E-state index is -0.729. The van der Waals surface area contributed by atoms with E-state index in [1.165, 1.54) is 7.11 Å². The molecule has 3 atom stereocenters.